The van der Waals surface area contributed by atoms with Crippen LogP contribution in [0.25, 0.3) is 0 Å². The highest BCUT2D eigenvalue weighted by Crippen LogP contribution is 2.15. The summed E-state index contributed by atoms with van der Waals surface area (Å²) in [4.78, 5) is 11.1. The van der Waals surface area contributed by atoms with Crippen molar-refractivity contribution in [2.45, 2.75) is 31.1 Å². The van der Waals surface area contributed by atoms with Gasteiger partial charge in [0, 0.05) is 5.56 Å². The molecule has 0 aliphatic heterocycles. The Labute approximate surface area is 107 Å². The second kappa shape index (κ2) is 6.17. The first-order valence-electron chi connectivity index (χ1n) is 5.50. The summed E-state index contributed by atoms with van der Waals surface area (Å²) in [5.74, 6) is 0.148. The summed E-state index contributed by atoms with van der Waals surface area (Å²) in [5, 5.41) is -0.583. The van der Waals surface area contributed by atoms with Gasteiger partial charge in [0.05, 0.1) is 10.6 Å². The molecular formula is C12H15ClO3S. The van der Waals surface area contributed by atoms with Gasteiger partial charge in [-0.15, -0.1) is 0 Å². The summed E-state index contributed by atoms with van der Waals surface area (Å²) in [6, 6.07) is 5.72. The van der Waals surface area contributed by atoms with Gasteiger partial charge in [-0.25, -0.2) is 8.42 Å². The Hall–Kier alpha value is -0.870. The van der Waals surface area contributed by atoms with E-state index in [1.807, 2.05) is 6.92 Å². The molecule has 0 atom stereocenters. The van der Waals surface area contributed by atoms with Gasteiger partial charge in [-0.1, -0.05) is 19.8 Å². The molecule has 0 radical (unpaired) electrons. The molecule has 0 bridgehead atoms. The molecule has 0 heterocycles. The van der Waals surface area contributed by atoms with Crippen LogP contribution >= 0.6 is 11.6 Å². The number of rotatable bonds is 6. The highest BCUT2D eigenvalue weighted by atomic mass is 35.5. The minimum Gasteiger partial charge on any atom is -0.276 e. The summed E-state index contributed by atoms with van der Waals surface area (Å²) >= 11 is 5.28. The average molecular weight is 275 g/mol. The van der Waals surface area contributed by atoms with E-state index in [0.29, 0.717) is 12.0 Å². The third kappa shape index (κ3) is 4.13. The summed E-state index contributed by atoms with van der Waals surface area (Å²) in [6.07, 6.45) is 2.54. The molecule has 0 unspecified atom stereocenters. The van der Waals surface area contributed by atoms with E-state index in [1.165, 1.54) is 24.3 Å². The Morgan fingerprint density at radius 3 is 2.24 bits per heavy atom. The van der Waals surface area contributed by atoms with Crippen molar-refractivity contribution in [3.8, 4) is 0 Å². The van der Waals surface area contributed by atoms with Crippen LogP contribution in [-0.2, 0) is 9.84 Å². The van der Waals surface area contributed by atoms with Crippen LogP contribution in [0.1, 0.15) is 36.5 Å². The largest absolute Gasteiger partial charge is 0.276 e. The van der Waals surface area contributed by atoms with Gasteiger partial charge in [0.2, 0.25) is 0 Å². The van der Waals surface area contributed by atoms with E-state index in [2.05, 4.69) is 0 Å². The van der Waals surface area contributed by atoms with Crippen LogP contribution in [0.3, 0.4) is 0 Å². The van der Waals surface area contributed by atoms with Crippen LogP contribution in [0.4, 0.5) is 0 Å². The van der Waals surface area contributed by atoms with E-state index >= 15 is 0 Å². The summed E-state index contributed by atoms with van der Waals surface area (Å²) in [7, 11) is -3.23. The second-order valence-corrected chi connectivity index (χ2v) is 6.28. The minimum absolute atomic E-state index is 0.148. The van der Waals surface area contributed by atoms with E-state index in [4.69, 9.17) is 11.6 Å². The van der Waals surface area contributed by atoms with E-state index in [-0.39, 0.29) is 10.6 Å². The molecule has 0 aliphatic carbocycles. The van der Waals surface area contributed by atoms with Crippen molar-refractivity contribution in [3.63, 3.8) is 0 Å². The van der Waals surface area contributed by atoms with Crippen LogP contribution < -0.4 is 0 Å². The predicted molar refractivity (Wildman–Crippen MR) is 68.2 cm³/mol. The van der Waals surface area contributed by atoms with Gasteiger partial charge in [0.1, 0.15) is 0 Å². The number of unbranched alkanes of at least 4 members (excludes halogenated alkanes) is 2. The van der Waals surface area contributed by atoms with Gasteiger partial charge in [0.15, 0.2) is 9.84 Å². The van der Waals surface area contributed by atoms with Crippen LogP contribution in [0.15, 0.2) is 29.2 Å². The molecule has 0 aromatic heterocycles. The molecule has 0 saturated heterocycles. The first kappa shape index (κ1) is 14.2. The molecule has 3 nitrogen and oxygen atoms in total. The van der Waals surface area contributed by atoms with E-state index in [9.17, 15) is 13.2 Å². The zero-order chi connectivity index (χ0) is 12.9. The van der Waals surface area contributed by atoms with Crippen molar-refractivity contribution >= 4 is 26.7 Å². The maximum atomic E-state index is 11.9. The van der Waals surface area contributed by atoms with Gasteiger partial charge in [-0.05, 0) is 42.3 Å². The number of carbonyl (C=O) groups is 1. The SMILES string of the molecule is CCCCCS(=O)(=O)c1ccc(C(=O)Cl)cc1. The molecule has 0 fully saturated rings. The number of carbonyl (C=O) groups excluding carboxylic acids is 1. The third-order valence-electron chi connectivity index (χ3n) is 2.46. The number of hydrogen-bond donors (Lipinski definition) is 0. The summed E-state index contributed by atoms with van der Waals surface area (Å²) in [5.41, 5.74) is 0.305. The Bertz CT molecular complexity index is 477. The average Bonchev–Trinajstić information content (AvgIpc) is 2.29. The molecule has 0 aliphatic rings. The molecular weight excluding hydrogens is 260 g/mol. The topological polar surface area (TPSA) is 51.2 Å². The Balaban J connectivity index is 2.81. The normalized spacial score (nSPS) is 11.4. The van der Waals surface area contributed by atoms with Crippen molar-refractivity contribution in [3.05, 3.63) is 29.8 Å². The van der Waals surface area contributed by atoms with Gasteiger partial charge >= 0.3 is 0 Å². The molecule has 0 amide bonds. The molecule has 0 saturated carbocycles. The predicted octanol–water partition coefficient (Wildman–Crippen LogP) is 3.03. The van der Waals surface area contributed by atoms with Gasteiger partial charge in [-0.2, -0.15) is 0 Å². The lowest BCUT2D eigenvalue weighted by molar-refractivity contribution is 0.108. The van der Waals surface area contributed by atoms with Crippen LogP contribution in [0, 0.1) is 0 Å². The third-order valence-corrected chi connectivity index (χ3v) is 4.49. The van der Waals surface area contributed by atoms with E-state index in [0.717, 1.165) is 12.8 Å². The fraction of sp³-hybridized carbons (Fsp3) is 0.417. The molecule has 1 rings (SSSR count). The monoisotopic (exact) mass is 274 g/mol. The Kier molecular flexibility index (Phi) is 5.15. The van der Waals surface area contributed by atoms with Crippen LogP contribution in [0.5, 0.6) is 0 Å². The molecule has 5 heteroatoms. The molecule has 0 N–H and O–H groups in total. The van der Waals surface area contributed by atoms with Crippen LogP contribution in [-0.4, -0.2) is 19.4 Å². The maximum Gasteiger partial charge on any atom is 0.252 e. The quantitative estimate of drug-likeness (QED) is 0.592. The van der Waals surface area contributed by atoms with Gasteiger partial charge in [0.25, 0.3) is 5.24 Å². The molecule has 1 aromatic carbocycles. The van der Waals surface area contributed by atoms with Crippen molar-refractivity contribution in [2.24, 2.45) is 0 Å². The lowest BCUT2D eigenvalue weighted by Gasteiger charge is -2.04. The van der Waals surface area contributed by atoms with E-state index < -0.39 is 15.1 Å². The second-order valence-electron chi connectivity index (χ2n) is 3.82. The highest BCUT2D eigenvalue weighted by molar-refractivity contribution is 7.91. The Morgan fingerprint density at radius 1 is 1.18 bits per heavy atom. The number of sulfone groups is 1. The van der Waals surface area contributed by atoms with Crippen molar-refractivity contribution in [1.29, 1.82) is 0 Å². The lowest BCUT2D eigenvalue weighted by Crippen LogP contribution is -2.07. The zero-order valence-corrected chi connectivity index (χ0v) is 11.2. The van der Waals surface area contributed by atoms with Crippen LogP contribution in [0.2, 0.25) is 0 Å². The fourth-order valence-electron chi connectivity index (χ4n) is 1.45. The smallest absolute Gasteiger partial charge is 0.252 e. The lowest BCUT2D eigenvalue weighted by atomic mass is 10.2. The number of halogens is 1. The standard InChI is InChI=1S/C12H15ClO3S/c1-2-3-4-9-17(15,16)11-7-5-10(6-8-11)12(13)14/h5-8H,2-4,9H2,1H3. The molecule has 1 aromatic rings. The highest BCUT2D eigenvalue weighted by Gasteiger charge is 2.14. The van der Waals surface area contributed by atoms with Crippen molar-refractivity contribution in [1.82, 2.24) is 0 Å². The summed E-state index contributed by atoms with van der Waals surface area (Å²) < 4.78 is 23.7. The Morgan fingerprint density at radius 2 is 1.76 bits per heavy atom. The minimum atomic E-state index is -3.23. The zero-order valence-electron chi connectivity index (χ0n) is 9.65. The van der Waals surface area contributed by atoms with E-state index in [1.54, 1.807) is 0 Å². The number of benzene rings is 1. The fourth-order valence-corrected chi connectivity index (χ4v) is 2.95. The van der Waals surface area contributed by atoms with Crippen molar-refractivity contribution < 1.29 is 13.2 Å². The first-order valence-corrected chi connectivity index (χ1v) is 7.53. The van der Waals surface area contributed by atoms with Gasteiger partial charge in [-0.3, -0.25) is 4.79 Å². The maximum absolute atomic E-state index is 11.9. The van der Waals surface area contributed by atoms with Gasteiger partial charge < -0.3 is 0 Å². The van der Waals surface area contributed by atoms with Crippen molar-refractivity contribution in [2.75, 3.05) is 5.75 Å². The summed E-state index contributed by atoms with van der Waals surface area (Å²) in [6.45, 7) is 2.02. The molecule has 94 valence electrons. The first-order chi connectivity index (χ1) is 7.97. The molecule has 17 heavy (non-hydrogen) atoms. The molecule has 0 spiro atoms. The number of hydrogen-bond acceptors (Lipinski definition) is 3.